The number of carbonyl (C=O) groups is 2. The molecule has 24 heavy (non-hydrogen) atoms. The van der Waals surface area contributed by atoms with Gasteiger partial charge in [0.1, 0.15) is 0 Å². The average Bonchev–Trinajstić information content (AvgIpc) is 3.31. The molecule has 1 aliphatic carbocycles. The topological polar surface area (TPSA) is 43.9 Å². The molecule has 0 spiro atoms. The summed E-state index contributed by atoms with van der Waals surface area (Å²) in [4.78, 5) is 31.5. The Bertz CT molecular complexity index is 479. The van der Waals surface area contributed by atoms with Crippen LogP contribution < -0.4 is 0 Å². The zero-order valence-electron chi connectivity index (χ0n) is 15.7. The largest absolute Gasteiger partial charge is 0.337 e. The molecule has 5 heteroatoms. The monoisotopic (exact) mass is 335 g/mol. The molecule has 1 saturated carbocycles. The van der Waals surface area contributed by atoms with Gasteiger partial charge in [-0.3, -0.25) is 14.5 Å². The fraction of sp³-hybridized carbons (Fsp3) is 0.895. The highest BCUT2D eigenvalue weighted by Gasteiger charge is 2.45. The number of fused-ring (bicyclic) bond motifs is 1. The summed E-state index contributed by atoms with van der Waals surface area (Å²) in [6, 6.07) is 1.44. The Labute approximate surface area is 146 Å². The standard InChI is InChI=1S/C19H33N3O2/c1-13(2)21(14(3)4)19(24)12-20-10-9-17-15(11-20)5-8-18(23)22(17)16-6-7-16/h13-17H,5-12H2,1-4H3/t15-,17-/m1/s1. The molecule has 2 heterocycles. The van der Waals surface area contributed by atoms with E-state index in [9.17, 15) is 9.59 Å². The third-order valence-corrected chi connectivity index (χ3v) is 5.85. The number of carbonyl (C=O) groups excluding carboxylic acids is 2. The lowest BCUT2D eigenvalue weighted by Gasteiger charge is -2.47. The maximum Gasteiger partial charge on any atom is 0.237 e. The number of nitrogens with zero attached hydrogens (tertiary/aromatic N) is 3. The van der Waals surface area contributed by atoms with E-state index < -0.39 is 0 Å². The number of piperidine rings is 2. The summed E-state index contributed by atoms with van der Waals surface area (Å²) in [7, 11) is 0. The van der Waals surface area contributed by atoms with Gasteiger partial charge in [0.25, 0.3) is 0 Å². The van der Waals surface area contributed by atoms with Crippen molar-refractivity contribution in [2.24, 2.45) is 5.92 Å². The van der Waals surface area contributed by atoms with Gasteiger partial charge in [0, 0.05) is 43.7 Å². The molecule has 2 atom stereocenters. The Hall–Kier alpha value is -1.10. The van der Waals surface area contributed by atoms with Gasteiger partial charge in [0.2, 0.25) is 11.8 Å². The third-order valence-electron chi connectivity index (χ3n) is 5.85. The quantitative estimate of drug-likeness (QED) is 0.773. The molecule has 0 aromatic carbocycles. The first-order valence-electron chi connectivity index (χ1n) is 9.73. The molecule has 2 aliphatic heterocycles. The van der Waals surface area contributed by atoms with Gasteiger partial charge in [-0.1, -0.05) is 0 Å². The fourth-order valence-electron chi connectivity index (χ4n) is 4.78. The van der Waals surface area contributed by atoms with Crippen LogP contribution in [0.2, 0.25) is 0 Å². The lowest BCUT2D eigenvalue weighted by atomic mass is 9.83. The van der Waals surface area contributed by atoms with Gasteiger partial charge in [-0.05, 0) is 59.3 Å². The molecule has 3 aliphatic rings. The summed E-state index contributed by atoms with van der Waals surface area (Å²) in [6.45, 7) is 10.8. The van der Waals surface area contributed by atoms with Gasteiger partial charge in [-0.2, -0.15) is 0 Å². The molecular formula is C19H33N3O2. The smallest absolute Gasteiger partial charge is 0.237 e. The molecule has 136 valence electrons. The molecule has 0 bridgehead atoms. The van der Waals surface area contributed by atoms with Crippen molar-refractivity contribution >= 4 is 11.8 Å². The second kappa shape index (κ2) is 7.03. The van der Waals surface area contributed by atoms with Gasteiger partial charge >= 0.3 is 0 Å². The molecule has 0 unspecified atom stereocenters. The number of amides is 2. The second-order valence-electron chi connectivity index (χ2n) is 8.41. The van der Waals surface area contributed by atoms with Crippen LogP contribution in [0.5, 0.6) is 0 Å². The van der Waals surface area contributed by atoms with E-state index in [-0.39, 0.29) is 18.0 Å². The lowest BCUT2D eigenvalue weighted by molar-refractivity contribution is -0.144. The van der Waals surface area contributed by atoms with E-state index in [1.165, 1.54) is 12.8 Å². The molecule has 3 fully saturated rings. The van der Waals surface area contributed by atoms with E-state index in [4.69, 9.17) is 0 Å². The summed E-state index contributed by atoms with van der Waals surface area (Å²) in [6.07, 6.45) is 5.10. The van der Waals surface area contributed by atoms with E-state index in [0.717, 1.165) is 25.9 Å². The maximum atomic E-state index is 12.7. The highest BCUT2D eigenvalue weighted by molar-refractivity contribution is 5.79. The average molecular weight is 335 g/mol. The first-order chi connectivity index (χ1) is 11.4. The Morgan fingerprint density at radius 2 is 1.79 bits per heavy atom. The summed E-state index contributed by atoms with van der Waals surface area (Å²) >= 11 is 0. The molecule has 0 aromatic heterocycles. The van der Waals surface area contributed by atoms with Crippen LogP contribution in [0.25, 0.3) is 0 Å². The van der Waals surface area contributed by atoms with Crippen molar-refractivity contribution in [1.29, 1.82) is 0 Å². The molecule has 0 N–H and O–H groups in total. The zero-order valence-corrected chi connectivity index (χ0v) is 15.7. The van der Waals surface area contributed by atoms with Crippen LogP contribution >= 0.6 is 0 Å². The molecule has 0 radical (unpaired) electrons. The first kappa shape index (κ1) is 17.7. The van der Waals surface area contributed by atoms with E-state index in [1.54, 1.807) is 0 Å². The number of hydrogen-bond donors (Lipinski definition) is 0. The van der Waals surface area contributed by atoms with Crippen LogP contribution in [0.15, 0.2) is 0 Å². The summed E-state index contributed by atoms with van der Waals surface area (Å²) in [5.41, 5.74) is 0. The highest BCUT2D eigenvalue weighted by Crippen LogP contribution is 2.38. The predicted molar refractivity (Wildman–Crippen MR) is 94.6 cm³/mol. The summed E-state index contributed by atoms with van der Waals surface area (Å²) in [5.74, 6) is 1.16. The predicted octanol–water partition coefficient (Wildman–Crippen LogP) is 2.11. The minimum atomic E-state index is 0.240. The molecule has 5 nitrogen and oxygen atoms in total. The van der Waals surface area contributed by atoms with E-state index >= 15 is 0 Å². The van der Waals surface area contributed by atoms with Crippen molar-refractivity contribution in [3.8, 4) is 0 Å². The Morgan fingerprint density at radius 3 is 2.38 bits per heavy atom. The van der Waals surface area contributed by atoms with Gasteiger partial charge < -0.3 is 9.80 Å². The van der Waals surface area contributed by atoms with E-state index in [2.05, 4.69) is 37.5 Å². The van der Waals surface area contributed by atoms with Crippen molar-refractivity contribution < 1.29 is 9.59 Å². The lowest BCUT2D eigenvalue weighted by Crippen LogP contribution is -2.58. The van der Waals surface area contributed by atoms with Crippen LogP contribution in [-0.2, 0) is 9.59 Å². The zero-order chi connectivity index (χ0) is 17.4. The number of likely N-dealkylation sites (tertiary alicyclic amines) is 2. The molecule has 0 aromatic rings. The number of rotatable bonds is 5. The van der Waals surface area contributed by atoms with Crippen LogP contribution in [-0.4, -0.2) is 70.3 Å². The van der Waals surface area contributed by atoms with Crippen molar-refractivity contribution in [2.45, 2.75) is 84.0 Å². The second-order valence-corrected chi connectivity index (χ2v) is 8.41. The minimum Gasteiger partial charge on any atom is -0.337 e. The van der Waals surface area contributed by atoms with Gasteiger partial charge in [0.05, 0.1) is 6.54 Å². The molecule has 3 rings (SSSR count). The normalized spacial score (nSPS) is 28.4. The third kappa shape index (κ3) is 3.61. The fourth-order valence-corrected chi connectivity index (χ4v) is 4.78. The maximum absolute atomic E-state index is 12.7. The van der Waals surface area contributed by atoms with Crippen LogP contribution in [0.3, 0.4) is 0 Å². The first-order valence-corrected chi connectivity index (χ1v) is 9.73. The van der Waals surface area contributed by atoms with Gasteiger partial charge in [-0.25, -0.2) is 0 Å². The van der Waals surface area contributed by atoms with Crippen molar-refractivity contribution in [3.05, 3.63) is 0 Å². The molecule has 2 saturated heterocycles. The summed E-state index contributed by atoms with van der Waals surface area (Å²) in [5, 5.41) is 0. The Morgan fingerprint density at radius 1 is 1.12 bits per heavy atom. The Balaban J connectivity index is 1.59. The van der Waals surface area contributed by atoms with Crippen molar-refractivity contribution in [1.82, 2.24) is 14.7 Å². The van der Waals surface area contributed by atoms with E-state index in [0.29, 0.717) is 36.9 Å². The van der Waals surface area contributed by atoms with E-state index in [1.807, 2.05) is 4.90 Å². The number of hydrogen-bond acceptors (Lipinski definition) is 3. The van der Waals surface area contributed by atoms with Gasteiger partial charge in [0.15, 0.2) is 0 Å². The Kier molecular flexibility index (Phi) is 5.19. The van der Waals surface area contributed by atoms with Crippen LogP contribution in [0.4, 0.5) is 0 Å². The summed E-state index contributed by atoms with van der Waals surface area (Å²) < 4.78 is 0. The molecule has 2 amide bonds. The molecular weight excluding hydrogens is 302 g/mol. The van der Waals surface area contributed by atoms with Crippen LogP contribution in [0, 0.1) is 5.92 Å². The minimum absolute atomic E-state index is 0.240. The van der Waals surface area contributed by atoms with Crippen molar-refractivity contribution in [2.75, 3.05) is 19.6 Å². The van der Waals surface area contributed by atoms with Crippen molar-refractivity contribution in [3.63, 3.8) is 0 Å². The van der Waals surface area contributed by atoms with Crippen LogP contribution in [0.1, 0.15) is 59.8 Å². The SMILES string of the molecule is CC(C)N(C(=O)CN1CC[C@@H]2[C@H](CCC(=O)N2C2CC2)C1)C(C)C. The van der Waals surface area contributed by atoms with Gasteiger partial charge in [-0.15, -0.1) is 0 Å². The highest BCUT2D eigenvalue weighted by atomic mass is 16.2.